The summed E-state index contributed by atoms with van der Waals surface area (Å²) in [7, 11) is -4.31. The number of hydrogen-bond acceptors (Lipinski definition) is 4. The number of aliphatic hydroxyl groups is 1. The number of nitrogens with zero attached hydrogens (tertiary/aromatic N) is 1. The molecule has 1 amide bonds. The van der Waals surface area contributed by atoms with E-state index in [9.17, 15) is 13.2 Å². The van der Waals surface area contributed by atoms with Crippen LogP contribution in [0.15, 0.2) is 23.1 Å². The summed E-state index contributed by atoms with van der Waals surface area (Å²) in [4.78, 5) is 13.0. The molecule has 1 aromatic rings. The first-order valence-electron chi connectivity index (χ1n) is 5.82. The van der Waals surface area contributed by atoms with E-state index in [4.69, 9.17) is 9.66 Å². The number of anilines is 1. The molecule has 104 valence electrons. The minimum absolute atomic E-state index is 0.0841. The molecule has 1 unspecified atom stereocenters. The second-order valence-corrected chi connectivity index (χ2v) is 6.07. The Morgan fingerprint density at radius 3 is 2.63 bits per heavy atom. The van der Waals surface area contributed by atoms with Gasteiger partial charge in [-0.1, -0.05) is 6.07 Å². The van der Waals surface area contributed by atoms with E-state index >= 15 is 0 Å². The van der Waals surface area contributed by atoms with E-state index in [-0.39, 0.29) is 29.7 Å². The molecule has 2 N–H and O–H groups in total. The van der Waals surface area contributed by atoms with Crippen LogP contribution in [0, 0.1) is 12.8 Å². The zero-order chi connectivity index (χ0) is 14.2. The molecule has 0 bridgehead atoms. The van der Waals surface area contributed by atoms with E-state index in [2.05, 4.69) is 0 Å². The molecule has 0 radical (unpaired) electrons. The molecule has 0 spiro atoms. The SMILES string of the molecule is Cc1ccc(N2CC(CO)CC2=O)cc1S(=O)(=O)O. The molecule has 1 atom stereocenters. The molecule has 2 rings (SSSR count). The van der Waals surface area contributed by atoms with Crippen LogP contribution in [0.25, 0.3) is 0 Å². The predicted octanol–water partition coefficient (Wildman–Crippen LogP) is 0.587. The van der Waals surface area contributed by atoms with Gasteiger partial charge in [0, 0.05) is 31.2 Å². The van der Waals surface area contributed by atoms with Crippen molar-refractivity contribution >= 4 is 21.7 Å². The van der Waals surface area contributed by atoms with Gasteiger partial charge in [-0.25, -0.2) is 0 Å². The fourth-order valence-corrected chi connectivity index (χ4v) is 2.93. The Morgan fingerprint density at radius 2 is 2.11 bits per heavy atom. The molecule has 6 nitrogen and oxygen atoms in total. The molecular weight excluding hydrogens is 270 g/mol. The zero-order valence-corrected chi connectivity index (χ0v) is 11.2. The van der Waals surface area contributed by atoms with Gasteiger partial charge in [0.1, 0.15) is 0 Å². The summed E-state index contributed by atoms with van der Waals surface area (Å²) in [5, 5.41) is 9.06. The van der Waals surface area contributed by atoms with Crippen molar-refractivity contribution in [3.05, 3.63) is 23.8 Å². The quantitative estimate of drug-likeness (QED) is 0.792. The van der Waals surface area contributed by atoms with E-state index in [1.54, 1.807) is 13.0 Å². The van der Waals surface area contributed by atoms with E-state index in [0.29, 0.717) is 17.8 Å². The maximum atomic E-state index is 11.8. The summed E-state index contributed by atoms with van der Waals surface area (Å²) in [5.41, 5.74) is 0.829. The van der Waals surface area contributed by atoms with Gasteiger partial charge in [-0.2, -0.15) is 8.42 Å². The lowest BCUT2D eigenvalue weighted by molar-refractivity contribution is -0.117. The summed E-state index contributed by atoms with van der Waals surface area (Å²) >= 11 is 0. The van der Waals surface area contributed by atoms with Gasteiger partial charge in [0.15, 0.2) is 0 Å². The molecule has 0 saturated carbocycles. The van der Waals surface area contributed by atoms with Crippen molar-refractivity contribution in [1.29, 1.82) is 0 Å². The van der Waals surface area contributed by atoms with Crippen LogP contribution in [0.2, 0.25) is 0 Å². The fourth-order valence-electron chi connectivity index (χ4n) is 2.19. The smallest absolute Gasteiger partial charge is 0.294 e. The van der Waals surface area contributed by atoms with E-state index < -0.39 is 10.1 Å². The molecule has 19 heavy (non-hydrogen) atoms. The fraction of sp³-hybridized carbons (Fsp3) is 0.417. The molecule has 1 fully saturated rings. The van der Waals surface area contributed by atoms with Crippen molar-refractivity contribution < 1.29 is 22.9 Å². The summed E-state index contributed by atoms with van der Waals surface area (Å²) in [6.07, 6.45) is 0.242. The molecule has 0 aliphatic carbocycles. The van der Waals surface area contributed by atoms with E-state index in [0.717, 1.165) is 0 Å². The molecule has 1 aromatic carbocycles. The number of amides is 1. The Hall–Kier alpha value is -1.44. The second-order valence-electron chi connectivity index (χ2n) is 4.68. The Balaban J connectivity index is 2.40. The minimum Gasteiger partial charge on any atom is -0.396 e. The summed E-state index contributed by atoms with van der Waals surface area (Å²) in [6.45, 7) is 1.83. The molecule has 0 aromatic heterocycles. The van der Waals surface area contributed by atoms with Crippen molar-refractivity contribution in [2.45, 2.75) is 18.2 Å². The number of carbonyl (C=O) groups is 1. The largest absolute Gasteiger partial charge is 0.396 e. The summed E-state index contributed by atoms with van der Waals surface area (Å²) in [5.74, 6) is -0.299. The lowest BCUT2D eigenvalue weighted by Gasteiger charge is -2.17. The Morgan fingerprint density at radius 1 is 1.42 bits per heavy atom. The van der Waals surface area contributed by atoms with Crippen LogP contribution in [-0.4, -0.2) is 37.1 Å². The molecule has 7 heteroatoms. The first kappa shape index (κ1) is 14.0. The third-order valence-electron chi connectivity index (χ3n) is 3.22. The lowest BCUT2D eigenvalue weighted by Crippen LogP contribution is -2.25. The van der Waals surface area contributed by atoms with Crippen molar-refractivity contribution in [2.24, 2.45) is 5.92 Å². The Kier molecular flexibility index (Phi) is 3.62. The normalized spacial score (nSPS) is 20.1. The van der Waals surface area contributed by atoms with Crippen LogP contribution in [0.4, 0.5) is 5.69 Å². The third kappa shape index (κ3) is 2.78. The summed E-state index contributed by atoms with van der Waals surface area (Å²) < 4.78 is 31.6. The van der Waals surface area contributed by atoms with Crippen LogP contribution in [-0.2, 0) is 14.9 Å². The Labute approximate surface area is 111 Å². The van der Waals surface area contributed by atoms with Gasteiger partial charge >= 0.3 is 0 Å². The zero-order valence-electron chi connectivity index (χ0n) is 10.4. The van der Waals surface area contributed by atoms with Gasteiger partial charge in [0.05, 0.1) is 4.90 Å². The first-order chi connectivity index (χ1) is 8.82. The van der Waals surface area contributed by atoms with Gasteiger partial charge in [0.2, 0.25) is 5.91 Å². The number of aryl methyl sites for hydroxylation is 1. The predicted molar refractivity (Wildman–Crippen MR) is 68.5 cm³/mol. The Bertz CT molecular complexity index is 611. The highest BCUT2D eigenvalue weighted by Crippen LogP contribution is 2.28. The van der Waals surface area contributed by atoms with Crippen molar-refractivity contribution in [1.82, 2.24) is 0 Å². The topological polar surface area (TPSA) is 94.9 Å². The molecule has 1 saturated heterocycles. The van der Waals surface area contributed by atoms with Crippen molar-refractivity contribution in [3.8, 4) is 0 Å². The first-order valence-corrected chi connectivity index (χ1v) is 7.26. The molecule has 1 heterocycles. The average Bonchev–Trinajstić information content (AvgIpc) is 2.70. The maximum Gasteiger partial charge on any atom is 0.294 e. The second kappa shape index (κ2) is 4.92. The minimum atomic E-state index is -4.31. The monoisotopic (exact) mass is 285 g/mol. The maximum absolute atomic E-state index is 11.8. The standard InChI is InChI=1S/C12H15NO5S/c1-8-2-3-10(5-11(8)19(16,17)18)13-6-9(7-14)4-12(13)15/h2-3,5,9,14H,4,6-7H2,1H3,(H,16,17,18). The van der Waals surface area contributed by atoms with Gasteiger partial charge in [-0.3, -0.25) is 9.35 Å². The van der Waals surface area contributed by atoms with Crippen LogP contribution in [0.5, 0.6) is 0 Å². The van der Waals surface area contributed by atoms with Crippen molar-refractivity contribution in [3.63, 3.8) is 0 Å². The van der Waals surface area contributed by atoms with E-state index in [1.807, 2.05) is 0 Å². The number of benzene rings is 1. The van der Waals surface area contributed by atoms with E-state index in [1.165, 1.54) is 17.0 Å². The highest BCUT2D eigenvalue weighted by Gasteiger charge is 2.30. The number of hydrogen-bond donors (Lipinski definition) is 2. The molecular formula is C12H15NO5S. The third-order valence-corrected chi connectivity index (χ3v) is 4.22. The highest BCUT2D eigenvalue weighted by atomic mass is 32.2. The highest BCUT2D eigenvalue weighted by molar-refractivity contribution is 7.85. The van der Waals surface area contributed by atoms with Gasteiger partial charge in [0.25, 0.3) is 10.1 Å². The van der Waals surface area contributed by atoms with Gasteiger partial charge in [-0.15, -0.1) is 0 Å². The average molecular weight is 285 g/mol. The van der Waals surface area contributed by atoms with Gasteiger partial charge in [-0.05, 0) is 24.6 Å². The molecule has 1 aliphatic rings. The molecule has 1 aliphatic heterocycles. The van der Waals surface area contributed by atoms with Gasteiger partial charge < -0.3 is 10.0 Å². The van der Waals surface area contributed by atoms with Crippen LogP contribution >= 0.6 is 0 Å². The number of rotatable bonds is 3. The van der Waals surface area contributed by atoms with Crippen molar-refractivity contribution in [2.75, 3.05) is 18.1 Å². The van der Waals surface area contributed by atoms with Crippen LogP contribution in [0.1, 0.15) is 12.0 Å². The lowest BCUT2D eigenvalue weighted by atomic mass is 10.1. The number of carbonyl (C=O) groups excluding carboxylic acids is 1. The van der Waals surface area contributed by atoms with Crippen LogP contribution < -0.4 is 4.90 Å². The summed E-state index contributed by atoms with van der Waals surface area (Å²) in [6, 6.07) is 4.45. The van der Waals surface area contributed by atoms with Crippen LogP contribution in [0.3, 0.4) is 0 Å². The number of aliphatic hydroxyl groups excluding tert-OH is 1.